The smallest absolute Gasteiger partial charge is 0.0118 e. The van der Waals surface area contributed by atoms with Gasteiger partial charge in [0, 0.05) is 6.04 Å². The summed E-state index contributed by atoms with van der Waals surface area (Å²) in [4.78, 5) is 0. The summed E-state index contributed by atoms with van der Waals surface area (Å²) in [5.41, 5.74) is 0. The van der Waals surface area contributed by atoms with E-state index in [0.29, 0.717) is 0 Å². The van der Waals surface area contributed by atoms with Gasteiger partial charge in [-0.1, -0.05) is 20.8 Å². The molecule has 0 aromatic rings. The summed E-state index contributed by atoms with van der Waals surface area (Å²) in [7, 11) is 0. The molecule has 0 bridgehead atoms. The average Bonchev–Trinajstić information content (AvgIpc) is 2.74. The molecule has 0 aromatic carbocycles. The molecule has 1 heteroatoms. The molecular weight excluding hydrogens is 170 g/mol. The summed E-state index contributed by atoms with van der Waals surface area (Å²) in [6.45, 7) is 8.21. The molecule has 2 aliphatic carbocycles. The molecule has 1 nitrogen and oxygen atoms in total. The summed E-state index contributed by atoms with van der Waals surface area (Å²) < 4.78 is 0. The van der Waals surface area contributed by atoms with Crippen molar-refractivity contribution in [2.75, 3.05) is 6.54 Å². The second-order valence-electron chi connectivity index (χ2n) is 5.71. The van der Waals surface area contributed by atoms with Gasteiger partial charge in [0.2, 0.25) is 0 Å². The Hall–Kier alpha value is -0.0400. The highest BCUT2D eigenvalue weighted by Gasteiger charge is 2.48. The van der Waals surface area contributed by atoms with Crippen molar-refractivity contribution in [3.63, 3.8) is 0 Å². The van der Waals surface area contributed by atoms with E-state index in [0.717, 1.165) is 29.7 Å². The lowest BCUT2D eigenvalue weighted by atomic mass is 9.87. The van der Waals surface area contributed by atoms with Crippen molar-refractivity contribution in [3.8, 4) is 0 Å². The molecule has 0 radical (unpaired) electrons. The molecule has 0 aromatic heterocycles. The largest absolute Gasteiger partial charge is 0.313 e. The molecule has 0 amide bonds. The van der Waals surface area contributed by atoms with E-state index in [9.17, 15) is 0 Å². The van der Waals surface area contributed by atoms with Crippen LogP contribution in [-0.2, 0) is 0 Å². The molecule has 2 rings (SSSR count). The molecule has 2 aliphatic rings. The Morgan fingerprint density at radius 2 is 1.79 bits per heavy atom. The monoisotopic (exact) mass is 195 g/mol. The normalized spacial score (nSPS) is 37.3. The van der Waals surface area contributed by atoms with Crippen molar-refractivity contribution in [1.29, 1.82) is 0 Å². The molecule has 1 N–H and O–H groups in total. The van der Waals surface area contributed by atoms with Gasteiger partial charge in [0.05, 0.1) is 0 Å². The molecule has 2 saturated carbocycles. The first kappa shape index (κ1) is 10.5. The van der Waals surface area contributed by atoms with Gasteiger partial charge < -0.3 is 5.32 Å². The standard InChI is InChI=1S/C13H25N/c1-4-5-14-13(9(2)3)12-7-10-6-11(10)8-12/h9-14H,4-8H2,1-3H3. The lowest BCUT2D eigenvalue weighted by molar-refractivity contribution is 0.270. The Kier molecular flexibility index (Phi) is 3.16. The maximum atomic E-state index is 3.75. The molecule has 2 fully saturated rings. The Balaban J connectivity index is 1.83. The van der Waals surface area contributed by atoms with Crippen LogP contribution in [0.1, 0.15) is 46.5 Å². The van der Waals surface area contributed by atoms with Gasteiger partial charge in [-0.3, -0.25) is 0 Å². The van der Waals surface area contributed by atoms with Crippen molar-refractivity contribution in [2.24, 2.45) is 23.7 Å². The Bertz CT molecular complexity index is 178. The minimum Gasteiger partial charge on any atom is -0.313 e. The van der Waals surface area contributed by atoms with Crippen LogP contribution in [-0.4, -0.2) is 12.6 Å². The van der Waals surface area contributed by atoms with Gasteiger partial charge in [0.15, 0.2) is 0 Å². The predicted octanol–water partition coefficient (Wildman–Crippen LogP) is 3.06. The highest BCUT2D eigenvalue weighted by atomic mass is 14.9. The average molecular weight is 195 g/mol. The predicted molar refractivity (Wildman–Crippen MR) is 61.2 cm³/mol. The molecule has 0 saturated heterocycles. The van der Waals surface area contributed by atoms with Gasteiger partial charge in [0.25, 0.3) is 0 Å². The molecular formula is C13H25N. The van der Waals surface area contributed by atoms with Crippen molar-refractivity contribution in [1.82, 2.24) is 5.32 Å². The fourth-order valence-corrected chi connectivity index (χ4v) is 3.31. The number of nitrogens with one attached hydrogen (secondary N) is 1. The van der Waals surface area contributed by atoms with Gasteiger partial charge in [0.1, 0.15) is 0 Å². The third-order valence-corrected chi connectivity index (χ3v) is 4.14. The molecule has 82 valence electrons. The van der Waals surface area contributed by atoms with E-state index in [1.807, 2.05) is 0 Å². The number of fused-ring (bicyclic) bond motifs is 1. The molecule has 14 heavy (non-hydrogen) atoms. The van der Waals surface area contributed by atoms with E-state index in [1.165, 1.54) is 25.8 Å². The Morgan fingerprint density at radius 3 is 2.29 bits per heavy atom. The number of rotatable bonds is 5. The SMILES string of the molecule is CCCNC(C(C)C)C1CC2CC2C1. The first-order chi connectivity index (χ1) is 6.72. The third-order valence-electron chi connectivity index (χ3n) is 4.14. The zero-order chi connectivity index (χ0) is 10.1. The van der Waals surface area contributed by atoms with Crippen LogP contribution in [0.2, 0.25) is 0 Å². The van der Waals surface area contributed by atoms with Gasteiger partial charge in [-0.2, -0.15) is 0 Å². The number of hydrogen-bond acceptors (Lipinski definition) is 1. The van der Waals surface area contributed by atoms with Gasteiger partial charge in [-0.05, 0) is 55.9 Å². The van der Waals surface area contributed by atoms with E-state index in [2.05, 4.69) is 26.1 Å². The van der Waals surface area contributed by atoms with Crippen LogP contribution in [0.15, 0.2) is 0 Å². The van der Waals surface area contributed by atoms with Crippen molar-refractivity contribution in [2.45, 2.75) is 52.5 Å². The minimum absolute atomic E-state index is 0.794. The van der Waals surface area contributed by atoms with Crippen LogP contribution in [0.25, 0.3) is 0 Å². The number of hydrogen-bond donors (Lipinski definition) is 1. The van der Waals surface area contributed by atoms with Gasteiger partial charge in [-0.15, -0.1) is 0 Å². The van der Waals surface area contributed by atoms with Gasteiger partial charge in [-0.25, -0.2) is 0 Å². The van der Waals surface area contributed by atoms with Crippen LogP contribution >= 0.6 is 0 Å². The molecule has 3 unspecified atom stereocenters. The highest BCUT2D eigenvalue weighted by molar-refractivity contribution is 4.99. The first-order valence-corrected chi connectivity index (χ1v) is 6.45. The lowest BCUT2D eigenvalue weighted by Crippen LogP contribution is -2.40. The van der Waals surface area contributed by atoms with Crippen molar-refractivity contribution >= 4 is 0 Å². The summed E-state index contributed by atoms with van der Waals surface area (Å²) >= 11 is 0. The maximum absolute atomic E-state index is 3.75. The quantitative estimate of drug-likeness (QED) is 0.711. The molecule has 0 spiro atoms. The fraction of sp³-hybridized carbons (Fsp3) is 1.00. The molecule has 0 heterocycles. The Morgan fingerprint density at radius 1 is 1.14 bits per heavy atom. The maximum Gasteiger partial charge on any atom is 0.0118 e. The van der Waals surface area contributed by atoms with Crippen LogP contribution in [0.4, 0.5) is 0 Å². The molecule has 3 atom stereocenters. The highest BCUT2D eigenvalue weighted by Crippen LogP contribution is 2.55. The van der Waals surface area contributed by atoms with E-state index in [1.54, 1.807) is 6.42 Å². The topological polar surface area (TPSA) is 12.0 Å². The van der Waals surface area contributed by atoms with Crippen molar-refractivity contribution in [3.05, 3.63) is 0 Å². The molecule has 0 aliphatic heterocycles. The minimum atomic E-state index is 0.794. The van der Waals surface area contributed by atoms with Crippen molar-refractivity contribution < 1.29 is 0 Å². The Labute approximate surface area is 88.7 Å². The fourth-order valence-electron chi connectivity index (χ4n) is 3.31. The first-order valence-electron chi connectivity index (χ1n) is 6.45. The van der Waals surface area contributed by atoms with Crippen LogP contribution in [0.5, 0.6) is 0 Å². The zero-order valence-electron chi connectivity index (χ0n) is 9.92. The van der Waals surface area contributed by atoms with Gasteiger partial charge >= 0.3 is 0 Å². The van der Waals surface area contributed by atoms with Crippen LogP contribution in [0.3, 0.4) is 0 Å². The van der Waals surface area contributed by atoms with E-state index < -0.39 is 0 Å². The van der Waals surface area contributed by atoms with Crippen LogP contribution < -0.4 is 5.32 Å². The summed E-state index contributed by atoms with van der Waals surface area (Å²) in [5.74, 6) is 4.06. The summed E-state index contributed by atoms with van der Waals surface area (Å²) in [6.07, 6.45) is 5.85. The third kappa shape index (κ3) is 2.13. The second-order valence-corrected chi connectivity index (χ2v) is 5.71. The lowest BCUT2D eigenvalue weighted by Gasteiger charge is -2.29. The van der Waals surface area contributed by atoms with Crippen LogP contribution in [0, 0.1) is 23.7 Å². The van der Waals surface area contributed by atoms with E-state index in [-0.39, 0.29) is 0 Å². The van der Waals surface area contributed by atoms with E-state index in [4.69, 9.17) is 0 Å². The summed E-state index contributed by atoms with van der Waals surface area (Å²) in [6, 6.07) is 0.794. The van der Waals surface area contributed by atoms with E-state index >= 15 is 0 Å². The second kappa shape index (κ2) is 4.22. The summed E-state index contributed by atoms with van der Waals surface area (Å²) in [5, 5.41) is 3.75. The zero-order valence-corrected chi connectivity index (χ0v) is 9.92.